The van der Waals surface area contributed by atoms with Crippen LogP contribution in [0.4, 0.5) is 0 Å². The van der Waals surface area contributed by atoms with Gasteiger partial charge < -0.3 is 20.5 Å². The molecule has 0 saturated heterocycles. The zero-order chi connectivity index (χ0) is 15.6. The van der Waals surface area contributed by atoms with Gasteiger partial charge in [0.05, 0.1) is 25.3 Å². The van der Waals surface area contributed by atoms with Crippen LogP contribution in [0, 0.1) is 0 Å². The van der Waals surface area contributed by atoms with Gasteiger partial charge in [0.25, 0.3) is 0 Å². The fourth-order valence-corrected chi connectivity index (χ4v) is 1.31. The van der Waals surface area contributed by atoms with E-state index in [0.717, 1.165) is 0 Å². The van der Waals surface area contributed by atoms with Crippen molar-refractivity contribution in [1.82, 2.24) is 10.6 Å². The fourth-order valence-electron chi connectivity index (χ4n) is 1.31. The molecule has 0 bridgehead atoms. The van der Waals surface area contributed by atoms with Crippen LogP contribution in [0.25, 0.3) is 0 Å². The average Bonchev–Trinajstić information content (AvgIpc) is 2.33. The van der Waals surface area contributed by atoms with Crippen LogP contribution in [0.2, 0.25) is 0 Å². The molecule has 0 aliphatic heterocycles. The van der Waals surface area contributed by atoms with E-state index >= 15 is 0 Å². The van der Waals surface area contributed by atoms with Crippen LogP contribution in [0.5, 0.6) is 0 Å². The lowest BCUT2D eigenvalue weighted by Crippen LogP contribution is -2.39. The fraction of sp³-hybridized carbons (Fsp3) is 0.769. The van der Waals surface area contributed by atoms with Crippen LogP contribution in [0.1, 0.15) is 33.6 Å². The van der Waals surface area contributed by atoms with E-state index in [1.807, 2.05) is 13.8 Å². The number of aliphatic hydroxyl groups is 1. The number of nitrogens with one attached hydrogen (secondary N) is 2. The third-order valence-electron chi connectivity index (χ3n) is 2.52. The Labute approximate surface area is 119 Å². The monoisotopic (exact) mass is 288 g/mol. The maximum absolute atomic E-state index is 11.4. The van der Waals surface area contributed by atoms with Crippen molar-refractivity contribution in [2.75, 3.05) is 26.3 Å². The second-order valence-electron chi connectivity index (χ2n) is 5.09. The van der Waals surface area contributed by atoms with E-state index in [-0.39, 0.29) is 44.4 Å². The molecule has 7 heteroatoms. The molecule has 0 rings (SSSR count). The zero-order valence-electron chi connectivity index (χ0n) is 12.3. The van der Waals surface area contributed by atoms with Gasteiger partial charge in [0, 0.05) is 13.0 Å². The minimum Gasteiger partial charge on any atom is -0.396 e. The number of aliphatic hydroxyl groups excluding tert-OH is 1. The second-order valence-corrected chi connectivity index (χ2v) is 5.09. The van der Waals surface area contributed by atoms with Gasteiger partial charge in [0.15, 0.2) is 0 Å². The van der Waals surface area contributed by atoms with Gasteiger partial charge in [-0.1, -0.05) is 0 Å². The van der Waals surface area contributed by atoms with Crippen molar-refractivity contribution < 1.29 is 24.2 Å². The molecule has 0 aliphatic rings. The van der Waals surface area contributed by atoms with Crippen LogP contribution in [-0.2, 0) is 19.1 Å². The van der Waals surface area contributed by atoms with Crippen LogP contribution in [-0.4, -0.2) is 54.6 Å². The number of ketones is 1. The predicted molar refractivity (Wildman–Crippen MR) is 73.1 cm³/mol. The summed E-state index contributed by atoms with van der Waals surface area (Å²) in [5.41, 5.74) is -0.478. The van der Waals surface area contributed by atoms with Gasteiger partial charge in [-0.15, -0.1) is 0 Å². The topological polar surface area (TPSA) is 105 Å². The molecule has 0 aromatic rings. The number of rotatable bonds is 10. The first-order valence-corrected chi connectivity index (χ1v) is 6.54. The Morgan fingerprint density at radius 1 is 1.10 bits per heavy atom. The summed E-state index contributed by atoms with van der Waals surface area (Å²) < 4.78 is 5.46. The van der Waals surface area contributed by atoms with Gasteiger partial charge in [-0.25, -0.2) is 0 Å². The molecule has 0 heterocycles. The third kappa shape index (κ3) is 10.5. The smallest absolute Gasteiger partial charge is 0.239 e. The molecule has 116 valence electrons. The molecule has 0 saturated carbocycles. The van der Waals surface area contributed by atoms with Gasteiger partial charge in [-0.2, -0.15) is 0 Å². The lowest BCUT2D eigenvalue weighted by atomic mass is 10.1. The van der Waals surface area contributed by atoms with Gasteiger partial charge in [0.1, 0.15) is 5.78 Å². The van der Waals surface area contributed by atoms with Gasteiger partial charge in [-0.3, -0.25) is 14.4 Å². The molecule has 3 N–H and O–H groups in total. The van der Waals surface area contributed by atoms with Crippen LogP contribution >= 0.6 is 0 Å². The van der Waals surface area contributed by atoms with Crippen LogP contribution < -0.4 is 10.6 Å². The Hall–Kier alpha value is -1.47. The third-order valence-corrected chi connectivity index (χ3v) is 2.52. The van der Waals surface area contributed by atoms with E-state index in [4.69, 9.17) is 9.84 Å². The molecular formula is C13H24N2O5. The highest BCUT2D eigenvalue weighted by Gasteiger charge is 2.17. The highest BCUT2D eigenvalue weighted by Crippen LogP contribution is 2.13. The van der Waals surface area contributed by atoms with Crippen molar-refractivity contribution in [1.29, 1.82) is 0 Å². The molecule has 0 radical (unpaired) electrons. The molecule has 2 amide bonds. The van der Waals surface area contributed by atoms with Gasteiger partial charge >= 0.3 is 0 Å². The van der Waals surface area contributed by atoms with Crippen molar-refractivity contribution in [2.45, 2.75) is 39.2 Å². The lowest BCUT2D eigenvalue weighted by molar-refractivity contribution is -0.128. The Kier molecular flexibility index (Phi) is 8.74. The molecule has 7 nitrogen and oxygen atoms in total. The Morgan fingerprint density at radius 2 is 1.70 bits per heavy atom. The Bertz CT molecular complexity index is 342. The first-order chi connectivity index (χ1) is 9.26. The summed E-state index contributed by atoms with van der Waals surface area (Å²) in [5.74, 6) is -0.859. The normalized spacial score (nSPS) is 11.0. The van der Waals surface area contributed by atoms with Crippen LogP contribution in [0.15, 0.2) is 0 Å². The Morgan fingerprint density at radius 3 is 2.25 bits per heavy atom. The molecule has 0 aromatic carbocycles. The molecule has 20 heavy (non-hydrogen) atoms. The maximum atomic E-state index is 11.4. The quantitative estimate of drug-likeness (QED) is 0.497. The zero-order valence-corrected chi connectivity index (χ0v) is 12.3. The van der Waals surface area contributed by atoms with E-state index in [9.17, 15) is 14.4 Å². The van der Waals surface area contributed by atoms with E-state index < -0.39 is 11.5 Å². The second kappa shape index (κ2) is 9.44. The molecule has 0 spiro atoms. The largest absolute Gasteiger partial charge is 0.396 e. The summed E-state index contributed by atoms with van der Waals surface area (Å²) in [4.78, 5) is 33.3. The number of amides is 2. The van der Waals surface area contributed by atoms with E-state index in [2.05, 4.69) is 10.6 Å². The van der Waals surface area contributed by atoms with E-state index in [0.29, 0.717) is 6.42 Å². The average molecular weight is 288 g/mol. The lowest BCUT2D eigenvalue weighted by Gasteiger charge is -2.24. The standard InChI is InChI=1S/C13H24N2O5/c1-10(17)8-14-12(19)9-15-11(18)4-7-20-13(2,3)5-6-16/h16H,4-9H2,1-3H3,(H,14,19)(H,15,18). The minimum absolute atomic E-state index is 0.0233. The number of carbonyl (C=O) groups excluding carboxylic acids is 3. The maximum Gasteiger partial charge on any atom is 0.239 e. The number of hydrogen-bond acceptors (Lipinski definition) is 5. The van der Waals surface area contributed by atoms with Crippen molar-refractivity contribution >= 4 is 17.6 Å². The minimum atomic E-state index is -0.478. The SMILES string of the molecule is CC(=O)CNC(=O)CNC(=O)CCOC(C)(C)CCO. The predicted octanol–water partition coefficient (Wildman–Crippen LogP) is -0.624. The highest BCUT2D eigenvalue weighted by molar-refractivity contribution is 5.88. The van der Waals surface area contributed by atoms with Gasteiger partial charge in [-0.05, 0) is 27.2 Å². The molecule has 0 atom stereocenters. The first kappa shape index (κ1) is 18.5. The summed E-state index contributed by atoms with van der Waals surface area (Å²) in [6.07, 6.45) is 0.622. The summed E-state index contributed by atoms with van der Waals surface area (Å²) in [6, 6.07) is 0. The summed E-state index contributed by atoms with van der Waals surface area (Å²) >= 11 is 0. The Balaban J connectivity index is 3.74. The van der Waals surface area contributed by atoms with Crippen molar-refractivity contribution in [3.8, 4) is 0 Å². The number of ether oxygens (including phenoxy) is 1. The number of Topliss-reactive ketones (excluding diaryl/α,β-unsaturated/α-hetero) is 1. The van der Waals surface area contributed by atoms with Crippen molar-refractivity contribution in [3.05, 3.63) is 0 Å². The highest BCUT2D eigenvalue weighted by atomic mass is 16.5. The first-order valence-electron chi connectivity index (χ1n) is 6.54. The molecule has 0 aromatic heterocycles. The van der Waals surface area contributed by atoms with Crippen molar-refractivity contribution in [2.24, 2.45) is 0 Å². The molecule has 0 aliphatic carbocycles. The summed E-state index contributed by atoms with van der Waals surface area (Å²) in [6.45, 7) is 5.07. The van der Waals surface area contributed by atoms with Crippen molar-refractivity contribution in [3.63, 3.8) is 0 Å². The number of hydrogen-bond donors (Lipinski definition) is 3. The van der Waals surface area contributed by atoms with Crippen LogP contribution in [0.3, 0.4) is 0 Å². The summed E-state index contributed by atoms with van der Waals surface area (Å²) in [5, 5.41) is 13.6. The van der Waals surface area contributed by atoms with E-state index in [1.54, 1.807) is 0 Å². The molecule has 0 unspecified atom stereocenters. The van der Waals surface area contributed by atoms with Gasteiger partial charge in [0.2, 0.25) is 11.8 Å². The molecular weight excluding hydrogens is 264 g/mol. The van der Waals surface area contributed by atoms with E-state index in [1.165, 1.54) is 6.92 Å². The summed E-state index contributed by atoms with van der Waals surface area (Å²) in [7, 11) is 0. The molecule has 0 fully saturated rings. The number of carbonyl (C=O) groups is 3.